The zero-order valence-electron chi connectivity index (χ0n) is 10.4. The van der Waals surface area contributed by atoms with Gasteiger partial charge in [-0.3, -0.25) is 0 Å². The SMILES string of the molecule is CCC[Si](CCC)(OC)OCCCCCl. The second kappa shape index (κ2) is 9.64. The summed E-state index contributed by atoms with van der Waals surface area (Å²) in [7, 11) is -0.0579. The molecular weight excluding hydrogens is 228 g/mol. The Bertz CT molecular complexity index is 139. The topological polar surface area (TPSA) is 18.5 Å². The van der Waals surface area contributed by atoms with Gasteiger partial charge in [-0.2, -0.15) is 0 Å². The van der Waals surface area contributed by atoms with E-state index in [-0.39, 0.29) is 0 Å². The van der Waals surface area contributed by atoms with E-state index in [1.807, 2.05) is 0 Å². The molecule has 0 atom stereocenters. The number of alkyl halides is 1. The standard InChI is InChI=1S/C11H25ClO2Si/c1-4-10-15(13-3,11-5-2)14-9-7-6-8-12/h4-11H2,1-3H3. The molecule has 15 heavy (non-hydrogen) atoms. The molecule has 0 N–H and O–H groups in total. The van der Waals surface area contributed by atoms with Crippen molar-refractivity contribution in [3.63, 3.8) is 0 Å². The summed E-state index contributed by atoms with van der Waals surface area (Å²) in [6, 6.07) is 2.22. The van der Waals surface area contributed by atoms with Gasteiger partial charge in [0.15, 0.2) is 0 Å². The Labute approximate surface area is 101 Å². The van der Waals surface area contributed by atoms with E-state index in [1.165, 1.54) is 0 Å². The van der Waals surface area contributed by atoms with Gasteiger partial charge in [-0.25, -0.2) is 0 Å². The van der Waals surface area contributed by atoms with Gasteiger partial charge in [0.05, 0.1) is 0 Å². The van der Waals surface area contributed by atoms with Crippen molar-refractivity contribution in [1.29, 1.82) is 0 Å². The van der Waals surface area contributed by atoms with Crippen LogP contribution in [0.5, 0.6) is 0 Å². The minimum atomic E-state index is -1.86. The first-order valence-corrected chi connectivity index (χ1v) is 8.76. The zero-order valence-corrected chi connectivity index (χ0v) is 12.1. The Kier molecular flexibility index (Phi) is 9.91. The van der Waals surface area contributed by atoms with Gasteiger partial charge in [0.1, 0.15) is 0 Å². The minimum Gasteiger partial charge on any atom is -0.398 e. The third kappa shape index (κ3) is 6.56. The molecule has 0 rings (SSSR count). The highest BCUT2D eigenvalue weighted by atomic mass is 35.5. The lowest BCUT2D eigenvalue weighted by molar-refractivity contribution is 0.194. The van der Waals surface area contributed by atoms with E-state index in [0.29, 0.717) is 0 Å². The van der Waals surface area contributed by atoms with Crippen LogP contribution in [0.15, 0.2) is 0 Å². The molecule has 0 aromatic rings. The number of halogens is 1. The van der Waals surface area contributed by atoms with Crippen LogP contribution in [0.2, 0.25) is 12.1 Å². The Morgan fingerprint density at radius 1 is 1.07 bits per heavy atom. The molecule has 0 aliphatic carbocycles. The van der Waals surface area contributed by atoms with Gasteiger partial charge in [0.25, 0.3) is 0 Å². The van der Waals surface area contributed by atoms with Gasteiger partial charge >= 0.3 is 8.56 Å². The average Bonchev–Trinajstić information content (AvgIpc) is 2.25. The molecular formula is C11H25ClO2Si. The largest absolute Gasteiger partial charge is 0.398 e. The van der Waals surface area contributed by atoms with Crippen molar-refractivity contribution in [1.82, 2.24) is 0 Å². The average molecular weight is 253 g/mol. The van der Waals surface area contributed by atoms with Crippen molar-refractivity contribution in [3.05, 3.63) is 0 Å². The Balaban J connectivity index is 3.96. The summed E-state index contributed by atoms with van der Waals surface area (Å²) in [5.74, 6) is 0.729. The second-order valence-electron chi connectivity index (χ2n) is 3.86. The van der Waals surface area contributed by atoms with E-state index in [1.54, 1.807) is 7.11 Å². The highest BCUT2D eigenvalue weighted by Crippen LogP contribution is 2.22. The lowest BCUT2D eigenvalue weighted by Crippen LogP contribution is -2.41. The number of hydrogen-bond acceptors (Lipinski definition) is 2. The molecule has 0 aliphatic rings. The first-order valence-electron chi connectivity index (χ1n) is 5.99. The number of unbranched alkanes of at least 4 members (excludes halogenated alkanes) is 1. The van der Waals surface area contributed by atoms with Crippen molar-refractivity contribution in [2.24, 2.45) is 0 Å². The fourth-order valence-electron chi connectivity index (χ4n) is 1.75. The van der Waals surface area contributed by atoms with Crippen LogP contribution in [0, 0.1) is 0 Å². The van der Waals surface area contributed by atoms with E-state index in [4.69, 9.17) is 20.5 Å². The Hall–Kier alpha value is 0.427. The van der Waals surface area contributed by atoms with Crippen LogP contribution in [0.25, 0.3) is 0 Å². The molecule has 0 spiro atoms. The van der Waals surface area contributed by atoms with Gasteiger partial charge in [-0.1, -0.05) is 26.7 Å². The zero-order chi connectivity index (χ0) is 11.6. The maximum atomic E-state index is 6.02. The van der Waals surface area contributed by atoms with E-state index in [2.05, 4.69) is 13.8 Å². The molecule has 0 aromatic heterocycles. The van der Waals surface area contributed by atoms with Crippen molar-refractivity contribution >= 4 is 20.2 Å². The van der Waals surface area contributed by atoms with E-state index in [9.17, 15) is 0 Å². The van der Waals surface area contributed by atoms with E-state index in [0.717, 1.165) is 50.3 Å². The molecule has 2 nitrogen and oxygen atoms in total. The summed E-state index contributed by atoms with van der Waals surface area (Å²) in [6.07, 6.45) is 4.38. The molecule has 92 valence electrons. The van der Waals surface area contributed by atoms with Crippen molar-refractivity contribution in [2.45, 2.75) is 51.6 Å². The van der Waals surface area contributed by atoms with Crippen LogP contribution in [-0.2, 0) is 8.85 Å². The molecule has 0 saturated carbocycles. The molecule has 0 aliphatic heterocycles. The maximum absolute atomic E-state index is 6.02. The molecule has 0 aromatic carbocycles. The molecule has 4 heteroatoms. The molecule has 0 fully saturated rings. The molecule has 0 heterocycles. The van der Waals surface area contributed by atoms with Gasteiger partial charge < -0.3 is 8.85 Å². The van der Waals surface area contributed by atoms with Gasteiger partial charge in [0.2, 0.25) is 0 Å². The summed E-state index contributed by atoms with van der Waals surface area (Å²) in [4.78, 5) is 0. The van der Waals surface area contributed by atoms with Crippen LogP contribution in [-0.4, -0.2) is 28.2 Å². The summed E-state index contributed by atoms with van der Waals surface area (Å²) < 4.78 is 11.7. The predicted octanol–water partition coefficient (Wildman–Crippen LogP) is 3.93. The summed E-state index contributed by atoms with van der Waals surface area (Å²) in [5, 5.41) is 0. The number of rotatable bonds is 10. The minimum absolute atomic E-state index is 0.729. The summed E-state index contributed by atoms with van der Waals surface area (Å²) >= 11 is 5.63. The van der Waals surface area contributed by atoms with Crippen molar-refractivity contribution in [2.75, 3.05) is 19.6 Å². The monoisotopic (exact) mass is 252 g/mol. The maximum Gasteiger partial charge on any atom is 0.337 e. The van der Waals surface area contributed by atoms with Crippen molar-refractivity contribution < 1.29 is 8.85 Å². The Morgan fingerprint density at radius 3 is 2.07 bits per heavy atom. The predicted molar refractivity (Wildman–Crippen MR) is 68.9 cm³/mol. The van der Waals surface area contributed by atoms with Gasteiger partial charge in [-0.15, -0.1) is 11.6 Å². The molecule has 0 radical (unpaired) electrons. The second-order valence-corrected chi connectivity index (χ2v) is 7.76. The van der Waals surface area contributed by atoms with Crippen LogP contribution in [0.3, 0.4) is 0 Å². The van der Waals surface area contributed by atoms with Gasteiger partial charge in [0, 0.05) is 19.6 Å². The van der Waals surface area contributed by atoms with Crippen LogP contribution >= 0.6 is 11.6 Å². The van der Waals surface area contributed by atoms with Gasteiger partial charge in [-0.05, 0) is 24.9 Å². The smallest absolute Gasteiger partial charge is 0.337 e. The Morgan fingerprint density at radius 2 is 1.67 bits per heavy atom. The van der Waals surface area contributed by atoms with Crippen LogP contribution in [0.1, 0.15) is 39.5 Å². The van der Waals surface area contributed by atoms with Crippen LogP contribution in [0.4, 0.5) is 0 Å². The fraction of sp³-hybridized carbons (Fsp3) is 1.00. The quantitative estimate of drug-likeness (QED) is 0.333. The third-order valence-electron chi connectivity index (χ3n) is 2.53. The highest BCUT2D eigenvalue weighted by Gasteiger charge is 2.34. The molecule has 0 amide bonds. The van der Waals surface area contributed by atoms with Crippen LogP contribution < -0.4 is 0 Å². The number of hydrogen-bond donors (Lipinski definition) is 0. The fourth-order valence-corrected chi connectivity index (χ4v) is 5.04. The summed E-state index contributed by atoms with van der Waals surface area (Å²) in [6.45, 7) is 5.20. The highest BCUT2D eigenvalue weighted by molar-refractivity contribution is 6.67. The summed E-state index contributed by atoms with van der Waals surface area (Å²) in [5.41, 5.74) is 0. The van der Waals surface area contributed by atoms with E-state index < -0.39 is 8.56 Å². The lowest BCUT2D eigenvalue weighted by atomic mass is 10.4. The van der Waals surface area contributed by atoms with Crippen molar-refractivity contribution in [3.8, 4) is 0 Å². The molecule has 0 unspecified atom stereocenters. The lowest BCUT2D eigenvalue weighted by Gasteiger charge is -2.28. The molecule has 0 bridgehead atoms. The molecule has 0 saturated heterocycles. The third-order valence-corrected chi connectivity index (χ3v) is 6.79. The first-order chi connectivity index (χ1) is 7.24. The normalized spacial score (nSPS) is 12.0. The first kappa shape index (κ1) is 15.4. The van der Waals surface area contributed by atoms with E-state index >= 15 is 0 Å².